The van der Waals surface area contributed by atoms with E-state index in [4.69, 9.17) is 10.3 Å². The Balaban J connectivity index is 1.60. The van der Waals surface area contributed by atoms with Crippen LogP contribution < -0.4 is 11.1 Å². The van der Waals surface area contributed by atoms with Crippen molar-refractivity contribution in [2.24, 2.45) is 5.73 Å². The molecule has 3 aromatic heterocycles. The molecule has 1 fully saturated rings. The highest BCUT2D eigenvalue weighted by Gasteiger charge is 2.36. The van der Waals surface area contributed by atoms with Crippen molar-refractivity contribution in [1.82, 2.24) is 20.1 Å². The molecule has 7 nitrogen and oxygen atoms in total. The minimum Gasteiger partial charge on any atom is -0.361 e. The van der Waals surface area contributed by atoms with E-state index >= 15 is 0 Å². The number of aromatic amines is 1. The van der Waals surface area contributed by atoms with Crippen LogP contribution in [0.2, 0.25) is 0 Å². The zero-order valence-corrected chi connectivity index (χ0v) is 17.4. The molecule has 0 aliphatic heterocycles. The highest BCUT2D eigenvalue weighted by Crippen LogP contribution is 2.40. The molecule has 32 heavy (non-hydrogen) atoms. The quantitative estimate of drug-likeness (QED) is 0.419. The van der Waals surface area contributed by atoms with Gasteiger partial charge >= 0.3 is 6.18 Å². The average molecular weight is 442 g/mol. The van der Waals surface area contributed by atoms with E-state index in [1.165, 1.54) is 6.20 Å². The number of nitrogens with zero attached hydrogens (tertiary/aromatic N) is 3. The summed E-state index contributed by atoms with van der Waals surface area (Å²) in [6, 6.07) is 5.39. The topological polar surface area (TPSA) is 106 Å². The van der Waals surface area contributed by atoms with Gasteiger partial charge in [0.15, 0.2) is 0 Å². The van der Waals surface area contributed by atoms with E-state index in [1.54, 1.807) is 6.07 Å². The number of aromatic nitrogens is 4. The predicted octanol–water partition coefficient (Wildman–Crippen LogP) is 4.82. The summed E-state index contributed by atoms with van der Waals surface area (Å²) in [4.78, 5) is 11.2. The zero-order valence-electron chi connectivity index (χ0n) is 17.4. The van der Waals surface area contributed by atoms with Gasteiger partial charge < -0.3 is 20.6 Å². The number of benzene rings is 1. The second kappa shape index (κ2) is 7.33. The summed E-state index contributed by atoms with van der Waals surface area (Å²) in [5.41, 5.74) is 8.37. The van der Waals surface area contributed by atoms with E-state index in [9.17, 15) is 13.2 Å². The summed E-state index contributed by atoms with van der Waals surface area (Å²) in [6.45, 7) is 3.66. The van der Waals surface area contributed by atoms with Gasteiger partial charge in [0.25, 0.3) is 0 Å². The Morgan fingerprint density at radius 3 is 2.66 bits per heavy atom. The smallest absolute Gasteiger partial charge is 0.361 e. The molecule has 0 radical (unpaired) electrons. The monoisotopic (exact) mass is 442 g/mol. The van der Waals surface area contributed by atoms with Gasteiger partial charge in [0.05, 0.1) is 11.4 Å². The fourth-order valence-electron chi connectivity index (χ4n) is 4.11. The molecular formula is C22H21F3N6O. The van der Waals surface area contributed by atoms with Gasteiger partial charge in [0.1, 0.15) is 11.3 Å². The maximum absolute atomic E-state index is 13.8. The summed E-state index contributed by atoms with van der Waals surface area (Å²) in [7, 11) is 0. The fraction of sp³-hybridized carbons (Fsp3) is 0.318. The lowest BCUT2D eigenvalue weighted by Gasteiger charge is -2.34. The molecule has 0 bridgehead atoms. The number of rotatable bonds is 4. The second-order valence-electron chi connectivity index (χ2n) is 8.11. The third-order valence-electron chi connectivity index (χ3n) is 6.00. The minimum atomic E-state index is -4.60. The van der Waals surface area contributed by atoms with Gasteiger partial charge in [-0.05, 0) is 38.3 Å². The first kappa shape index (κ1) is 20.5. The first-order valence-corrected chi connectivity index (χ1v) is 10.2. The lowest BCUT2D eigenvalue weighted by atomic mass is 9.87. The van der Waals surface area contributed by atoms with Gasteiger partial charge in [-0.15, -0.1) is 0 Å². The molecule has 10 heteroatoms. The number of fused-ring (bicyclic) bond motifs is 1. The Kier molecular flexibility index (Phi) is 4.70. The van der Waals surface area contributed by atoms with Crippen LogP contribution in [0.25, 0.3) is 33.3 Å². The summed E-state index contributed by atoms with van der Waals surface area (Å²) < 4.78 is 46.5. The van der Waals surface area contributed by atoms with Crippen molar-refractivity contribution in [3.05, 3.63) is 47.6 Å². The third-order valence-corrected chi connectivity index (χ3v) is 6.00. The Hall–Kier alpha value is -3.40. The number of hydrogen-bond donors (Lipinski definition) is 3. The van der Waals surface area contributed by atoms with Crippen LogP contribution in [0.1, 0.15) is 29.9 Å². The van der Waals surface area contributed by atoms with E-state index in [0.29, 0.717) is 22.2 Å². The molecule has 1 aromatic carbocycles. The Labute approximate surface area is 181 Å². The van der Waals surface area contributed by atoms with Crippen LogP contribution in [0.15, 0.2) is 35.1 Å². The molecule has 4 aromatic rings. The van der Waals surface area contributed by atoms with E-state index in [0.717, 1.165) is 35.9 Å². The maximum Gasteiger partial charge on any atom is 0.419 e. The van der Waals surface area contributed by atoms with Crippen molar-refractivity contribution in [2.45, 2.75) is 44.9 Å². The summed E-state index contributed by atoms with van der Waals surface area (Å²) in [5.74, 6) is 0.809. The SMILES string of the molecule is Cc1noc(C)c1-c1ccc2c(-c3nc(NC4CCC4N)ncc3C(F)(F)F)c[nH]c2c1. The van der Waals surface area contributed by atoms with Crippen molar-refractivity contribution in [3.63, 3.8) is 0 Å². The lowest BCUT2D eigenvalue weighted by Crippen LogP contribution is -2.49. The summed E-state index contributed by atoms with van der Waals surface area (Å²) in [5, 5.41) is 7.65. The van der Waals surface area contributed by atoms with Gasteiger partial charge in [0.2, 0.25) is 5.95 Å². The molecular weight excluding hydrogens is 421 g/mol. The first-order chi connectivity index (χ1) is 15.2. The molecule has 4 N–H and O–H groups in total. The largest absolute Gasteiger partial charge is 0.419 e. The summed E-state index contributed by atoms with van der Waals surface area (Å²) in [6.07, 6.45) is -0.537. The predicted molar refractivity (Wildman–Crippen MR) is 114 cm³/mol. The molecule has 166 valence electrons. The van der Waals surface area contributed by atoms with Gasteiger partial charge in [0, 0.05) is 46.5 Å². The van der Waals surface area contributed by atoms with Crippen LogP contribution in [0, 0.1) is 13.8 Å². The molecule has 0 spiro atoms. The highest BCUT2D eigenvalue weighted by atomic mass is 19.4. The number of hydrogen-bond acceptors (Lipinski definition) is 6. The number of aryl methyl sites for hydroxylation is 2. The number of H-pyrrole nitrogens is 1. The van der Waals surface area contributed by atoms with Crippen LogP contribution in [-0.2, 0) is 6.18 Å². The minimum absolute atomic E-state index is 0.0415. The van der Waals surface area contributed by atoms with Crippen LogP contribution in [0.3, 0.4) is 0 Å². The Bertz CT molecular complexity index is 1290. The molecule has 1 saturated carbocycles. The van der Waals surface area contributed by atoms with E-state index in [1.807, 2.05) is 26.0 Å². The van der Waals surface area contributed by atoms with Crippen molar-refractivity contribution >= 4 is 16.9 Å². The van der Waals surface area contributed by atoms with Crippen molar-refractivity contribution in [1.29, 1.82) is 0 Å². The molecule has 5 rings (SSSR count). The van der Waals surface area contributed by atoms with Gasteiger partial charge in [-0.3, -0.25) is 0 Å². The average Bonchev–Trinajstić information content (AvgIpc) is 3.32. The highest BCUT2D eigenvalue weighted by molar-refractivity contribution is 5.97. The molecule has 1 aliphatic carbocycles. The van der Waals surface area contributed by atoms with Gasteiger partial charge in [-0.25, -0.2) is 9.97 Å². The second-order valence-corrected chi connectivity index (χ2v) is 8.11. The number of alkyl halides is 3. The number of halogens is 3. The third kappa shape index (κ3) is 3.40. The van der Waals surface area contributed by atoms with E-state index < -0.39 is 11.7 Å². The normalized spacial score (nSPS) is 18.7. The molecule has 2 unspecified atom stereocenters. The Morgan fingerprint density at radius 1 is 1.22 bits per heavy atom. The van der Waals surface area contributed by atoms with Gasteiger partial charge in [-0.1, -0.05) is 17.3 Å². The number of nitrogens with one attached hydrogen (secondary N) is 2. The summed E-state index contributed by atoms with van der Waals surface area (Å²) >= 11 is 0. The van der Waals surface area contributed by atoms with Crippen molar-refractivity contribution in [3.8, 4) is 22.4 Å². The Morgan fingerprint density at radius 2 is 2.03 bits per heavy atom. The van der Waals surface area contributed by atoms with E-state index in [2.05, 4.69) is 25.4 Å². The first-order valence-electron chi connectivity index (χ1n) is 10.2. The van der Waals surface area contributed by atoms with Crippen LogP contribution in [-0.4, -0.2) is 32.2 Å². The fourth-order valence-corrected chi connectivity index (χ4v) is 4.11. The molecule has 0 amide bonds. The van der Waals surface area contributed by atoms with E-state index in [-0.39, 0.29) is 23.7 Å². The van der Waals surface area contributed by atoms with Crippen LogP contribution >= 0.6 is 0 Å². The standard InChI is InChI=1S/C22H21F3N6O/c1-10-19(11(2)32-31-10)12-3-4-13-14(8-27-18(13)7-12)20-15(22(23,24)25)9-28-21(30-20)29-17-6-5-16(17)26/h3-4,7-9,16-17,27H,5-6,26H2,1-2H3,(H,28,29,30). The molecule has 1 aliphatic rings. The molecule has 2 atom stereocenters. The van der Waals surface area contributed by atoms with Crippen LogP contribution in [0.4, 0.5) is 19.1 Å². The van der Waals surface area contributed by atoms with Gasteiger partial charge in [-0.2, -0.15) is 13.2 Å². The van der Waals surface area contributed by atoms with Crippen LogP contribution in [0.5, 0.6) is 0 Å². The lowest BCUT2D eigenvalue weighted by molar-refractivity contribution is -0.137. The number of anilines is 1. The molecule has 3 heterocycles. The molecule has 0 saturated heterocycles. The number of nitrogens with two attached hydrogens (primary N) is 1. The van der Waals surface area contributed by atoms with Crippen molar-refractivity contribution < 1.29 is 17.7 Å². The maximum atomic E-state index is 13.8. The zero-order chi connectivity index (χ0) is 22.6. The van der Waals surface area contributed by atoms with Crippen molar-refractivity contribution in [2.75, 3.05) is 5.32 Å².